The van der Waals surface area contributed by atoms with Crippen LogP contribution in [0, 0.1) is 5.92 Å². The maximum Gasteiger partial charge on any atom is 0.222 e. The van der Waals surface area contributed by atoms with Crippen molar-refractivity contribution in [1.29, 1.82) is 0 Å². The minimum absolute atomic E-state index is 0.0255. The number of aromatic nitrogens is 3. The van der Waals surface area contributed by atoms with Crippen LogP contribution in [0.3, 0.4) is 0 Å². The molecule has 0 bridgehead atoms. The van der Waals surface area contributed by atoms with Crippen LogP contribution in [0.15, 0.2) is 23.4 Å². The highest BCUT2D eigenvalue weighted by atomic mass is 16.5. The lowest BCUT2D eigenvalue weighted by molar-refractivity contribution is -0.113. The molecule has 3 aliphatic heterocycles. The maximum absolute atomic E-state index is 13.0. The van der Waals surface area contributed by atoms with E-state index in [0.29, 0.717) is 37.4 Å². The fourth-order valence-corrected chi connectivity index (χ4v) is 4.66. The van der Waals surface area contributed by atoms with Crippen LogP contribution in [0.1, 0.15) is 25.3 Å². The van der Waals surface area contributed by atoms with Gasteiger partial charge in [-0.1, -0.05) is 0 Å². The first-order valence-corrected chi connectivity index (χ1v) is 11.2. The Kier molecular flexibility index (Phi) is 5.79. The van der Waals surface area contributed by atoms with Gasteiger partial charge in [-0.05, 0) is 44.8 Å². The van der Waals surface area contributed by atoms with Crippen molar-refractivity contribution in [1.82, 2.24) is 25.1 Å². The number of pyridine rings is 1. The second kappa shape index (κ2) is 8.87. The number of ketones is 1. The van der Waals surface area contributed by atoms with Gasteiger partial charge in [-0.3, -0.25) is 9.80 Å². The van der Waals surface area contributed by atoms with E-state index < -0.39 is 0 Å². The van der Waals surface area contributed by atoms with Gasteiger partial charge in [0.25, 0.3) is 0 Å². The zero-order chi connectivity index (χ0) is 22.1. The number of ether oxygens (including phenoxy) is 2. The van der Waals surface area contributed by atoms with Crippen LogP contribution in [0.4, 0.5) is 5.82 Å². The van der Waals surface area contributed by atoms with E-state index in [0.717, 1.165) is 48.6 Å². The number of fused-ring (bicyclic) bond motifs is 1. The number of hydrogen-bond donors (Lipinski definition) is 2. The van der Waals surface area contributed by atoms with Gasteiger partial charge in [0.2, 0.25) is 17.5 Å². The summed E-state index contributed by atoms with van der Waals surface area (Å²) in [5.74, 6) is 2.15. The molecular weight excluding hydrogens is 410 g/mol. The summed E-state index contributed by atoms with van der Waals surface area (Å²) >= 11 is 0. The number of carbonyl (C=O) groups excluding carboxylic acids is 1. The van der Waals surface area contributed by atoms with Crippen molar-refractivity contribution in [3.8, 4) is 17.1 Å². The van der Waals surface area contributed by atoms with Crippen LogP contribution in [0.5, 0.6) is 5.88 Å². The number of nitrogens with one attached hydrogen (secondary N) is 2. The van der Waals surface area contributed by atoms with Crippen molar-refractivity contribution in [3.63, 3.8) is 0 Å². The molecule has 0 aromatic carbocycles. The number of hydrazone groups is 1. The second-order valence-electron chi connectivity index (χ2n) is 8.43. The number of piperidine rings is 1. The zero-order valence-corrected chi connectivity index (χ0v) is 18.5. The lowest BCUT2D eigenvalue weighted by Gasteiger charge is -2.32. The highest BCUT2D eigenvalue weighted by molar-refractivity contribution is 6.41. The maximum atomic E-state index is 13.0. The molecule has 1 fully saturated rings. The number of Topliss-reactive ketones (excluding diaryl/α,β-unsaturated/α-hetero) is 1. The van der Waals surface area contributed by atoms with E-state index in [1.165, 1.54) is 0 Å². The molecule has 170 valence electrons. The summed E-state index contributed by atoms with van der Waals surface area (Å²) in [5, 5.41) is 18.2. The number of hydrogen-bond acceptors (Lipinski definition) is 9. The number of nitrogens with zero attached hydrogens (tertiary/aromatic N) is 5. The zero-order valence-electron chi connectivity index (χ0n) is 18.5. The summed E-state index contributed by atoms with van der Waals surface area (Å²) in [4.78, 5) is 17.4. The largest absolute Gasteiger partial charge is 0.481 e. The van der Waals surface area contributed by atoms with Crippen molar-refractivity contribution < 1.29 is 14.3 Å². The molecule has 0 saturated carbocycles. The molecule has 10 nitrogen and oxygen atoms in total. The van der Waals surface area contributed by atoms with Crippen molar-refractivity contribution in [3.05, 3.63) is 23.9 Å². The van der Waals surface area contributed by atoms with Gasteiger partial charge in [0.05, 0.1) is 19.4 Å². The van der Waals surface area contributed by atoms with Crippen LogP contribution in [-0.4, -0.2) is 77.5 Å². The van der Waals surface area contributed by atoms with Gasteiger partial charge in [0.1, 0.15) is 19.1 Å². The molecule has 2 aromatic heterocycles. The van der Waals surface area contributed by atoms with Gasteiger partial charge in [-0.2, -0.15) is 14.9 Å². The Labute approximate surface area is 187 Å². The molecule has 1 unspecified atom stereocenters. The monoisotopic (exact) mass is 439 g/mol. The van der Waals surface area contributed by atoms with E-state index in [1.54, 1.807) is 18.0 Å². The van der Waals surface area contributed by atoms with Crippen molar-refractivity contribution in [2.75, 3.05) is 45.4 Å². The number of carbonyl (C=O) groups is 1. The van der Waals surface area contributed by atoms with Crippen LogP contribution < -0.4 is 15.4 Å². The smallest absolute Gasteiger partial charge is 0.222 e. The Balaban J connectivity index is 1.50. The molecule has 0 spiro atoms. The molecule has 0 radical (unpaired) electrons. The standard InChI is InChI=1S/C22H29N7O3/c1-14(15-5-8-23-9-6-15)28-12-18(30)22(27-28)29-21-17(7-10-32-13-25-21)20(26-29)16-3-4-19(31-2)24-11-16/h3-4,11,14-15,23,25H,5-10,12-13H2,1-2H3. The summed E-state index contributed by atoms with van der Waals surface area (Å²) in [7, 11) is 1.59. The average Bonchev–Trinajstić information content (AvgIpc) is 3.29. The van der Waals surface area contributed by atoms with Crippen molar-refractivity contribution >= 4 is 17.4 Å². The van der Waals surface area contributed by atoms with E-state index in [9.17, 15) is 4.79 Å². The first kappa shape index (κ1) is 20.9. The molecule has 32 heavy (non-hydrogen) atoms. The van der Waals surface area contributed by atoms with Crippen LogP contribution in [0.25, 0.3) is 11.3 Å². The first-order valence-electron chi connectivity index (χ1n) is 11.2. The highest BCUT2D eigenvalue weighted by Crippen LogP contribution is 2.32. The topological polar surface area (TPSA) is 106 Å². The lowest BCUT2D eigenvalue weighted by Crippen LogP contribution is -2.40. The normalized spacial score (nSPS) is 20.4. The van der Waals surface area contributed by atoms with Gasteiger partial charge in [-0.25, -0.2) is 4.98 Å². The number of rotatable bonds is 4. The third-order valence-electron chi connectivity index (χ3n) is 6.56. The fourth-order valence-electron chi connectivity index (χ4n) is 4.66. The van der Waals surface area contributed by atoms with Gasteiger partial charge < -0.3 is 20.1 Å². The SMILES string of the molecule is COc1ccc(-c2nn(C3=NN(C(C)C4CCNCC4)CC3=O)c3c2CCOCN3)cn1. The van der Waals surface area contributed by atoms with E-state index in [1.807, 2.05) is 17.1 Å². The summed E-state index contributed by atoms with van der Waals surface area (Å²) in [6.07, 6.45) is 4.62. The van der Waals surface area contributed by atoms with Crippen molar-refractivity contribution in [2.45, 2.75) is 32.2 Å². The quantitative estimate of drug-likeness (QED) is 0.735. The molecule has 2 aromatic rings. The first-order chi connectivity index (χ1) is 15.7. The molecule has 1 saturated heterocycles. The molecule has 5 rings (SSSR count). The predicted molar refractivity (Wildman–Crippen MR) is 120 cm³/mol. The van der Waals surface area contributed by atoms with Crippen molar-refractivity contribution in [2.24, 2.45) is 11.0 Å². The summed E-state index contributed by atoms with van der Waals surface area (Å²) < 4.78 is 12.5. The Morgan fingerprint density at radius 1 is 1.28 bits per heavy atom. The number of methoxy groups -OCH3 is 1. The second-order valence-corrected chi connectivity index (χ2v) is 8.43. The summed E-state index contributed by atoms with van der Waals surface area (Å²) in [6, 6.07) is 3.94. The predicted octanol–water partition coefficient (Wildman–Crippen LogP) is 1.33. The number of anilines is 1. The van der Waals surface area contributed by atoms with Gasteiger partial charge in [0.15, 0.2) is 0 Å². The Bertz CT molecular complexity index is 1010. The average molecular weight is 440 g/mol. The van der Waals surface area contributed by atoms with Crippen LogP contribution >= 0.6 is 0 Å². The molecule has 0 amide bonds. The van der Waals surface area contributed by atoms with E-state index in [2.05, 4.69) is 22.5 Å². The highest BCUT2D eigenvalue weighted by Gasteiger charge is 2.35. The Morgan fingerprint density at radius 2 is 2.12 bits per heavy atom. The Morgan fingerprint density at radius 3 is 2.88 bits per heavy atom. The molecule has 5 heterocycles. The fraction of sp³-hybridized carbons (Fsp3) is 0.545. The summed E-state index contributed by atoms with van der Waals surface area (Å²) in [5.41, 5.74) is 2.62. The lowest BCUT2D eigenvalue weighted by atomic mass is 9.91. The Hall–Kier alpha value is -2.98. The van der Waals surface area contributed by atoms with E-state index >= 15 is 0 Å². The minimum atomic E-state index is -0.0255. The molecule has 10 heteroatoms. The van der Waals surface area contributed by atoms with Gasteiger partial charge in [0, 0.05) is 35.9 Å². The molecule has 1 atom stereocenters. The van der Waals surface area contributed by atoms with Crippen LogP contribution in [0.2, 0.25) is 0 Å². The molecule has 2 N–H and O–H groups in total. The molecule has 3 aliphatic rings. The van der Waals surface area contributed by atoms with Gasteiger partial charge in [-0.15, -0.1) is 0 Å². The molecular formula is C22H29N7O3. The van der Waals surface area contributed by atoms with Crippen LogP contribution in [-0.2, 0) is 16.0 Å². The van der Waals surface area contributed by atoms with E-state index in [-0.39, 0.29) is 18.4 Å². The van der Waals surface area contributed by atoms with E-state index in [4.69, 9.17) is 19.7 Å². The minimum Gasteiger partial charge on any atom is -0.481 e. The summed E-state index contributed by atoms with van der Waals surface area (Å²) in [6.45, 7) is 5.41. The third kappa shape index (κ3) is 3.84. The molecule has 0 aliphatic carbocycles. The van der Waals surface area contributed by atoms with Gasteiger partial charge >= 0.3 is 0 Å². The third-order valence-corrected chi connectivity index (χ3v) is 6.56.